The fourth-order valence-corrected chi connectivity index (χ4v) is 1.34. The van der Waals surface area contributed by atoms with Gasteiger partial charge in [-0.15, -0.1) is 0 Å². The molecule has 0 heterocycles. The first kappa shape index (κ1) is 14.0. The molecule has 0 unspecified atom stereocenters. The Morgan fingerprint density at radius 2 is 1.94 bits per heavy atom. The Bertz CT molecular complexity index is 444. The quantitative estimate of drug-likeness (QED) is 0.848. The molecule has 1 aromatic carbocycles. The molecule has 0 saturated heterocycles. The minimum atomic E-state index is -0.575. The van der Waals surface area contributed by atoms with Gasteiger partial charge in [0.25, 0.3) is 11.8 Å². The van der Waals surface area contributed by atoms with Crippen molar-refractivity contribution in [1.82, 2.24) is 4.90 Å². The van der Waals surface area contributed by atoms with Crippen LogP contribution in [-0.4, -0.2) is 36.4 Å². The summed E-state index contributed by atoms with van der Waals surface area (Å²) < 4.78 is 5.23. The molecule has 1 rings (SSSR count). The number of ether oxygens (including phenoxy) is 1. The van der Waals surface area contributed by atoms with Gasteiger partial charge in [-0.3, -0.25) is 9.59 Å². The highest BCUT2D eigenvalue weighted by molar-refractivity contribution is 5.97. The molecule has 0 radical (unpaired) electrons. The van der Waals surface area contributed by atoms with Crippen molar-refractivity contribution in [1.29, 1.82) is 0 Å². The van der Waals surface area contributed by atoms with Crippen LogP contribution in [0.25, 0.3) is 0 Å². The second-order valence-electron chi connectivity index (χ2n) is 4.26. The third kappa shape index (κ3) is 3.48. The summed E-state index contributed by atoms with van der Waals surface area (Å²) in [5, 5.41) is 0. The van der Waals surface area contributed by atoms with E-state index in [1.165, 1.54) is 0 Å². The zero-order chi connectivity index (χ0) is 13.7. The van der Waals surface area contributed by atoms with Crippen LogP contribution in [0, 0.1) is 0 Å². The van der Waals surface area contributed by atoms with E-state index in [0.717, 1.165) is 0 Å². The number of hydrogen-bond acceptors (Lipinski definition) is 3. The van der Waals surface area contributed by atoms with Gasteiger partial charge in [-0.2, -0.15) is 0 Å². The monoisotopic (exact) mass is 250 g/mol. The predicted octanol–water partition coefficient (Wildman–Crippen LogP) is 1.03. The molecule has 0 bridgehead atoms. The van der Waals surface area contributed by atoms with E-state index in [1.54, 1.807) is 36.2 Å². The van der Waals surface area contributed by atoms with Gasteiger partial charge in [0.05, 0.1) is 5.56 Å². The summed E-state index contributed by atoms with van der Waals surface area (Å²) in [5.74, 6) is -0.353. The maximum atomic E-state index is 12.2. The third-order valence-corrected chi connectivity index (χ3v) is 2.58. The Morgan fingerprint density at radius 1 is 1.33 bits per heavy atom. The Balaban J connectivity index is 2.94. The second kappa shape index (κ2) is 6.05. The molecule has 0 saturated carbocycles. The van der Waals surface area contributed by atoms with Crippen molar-refractivity contribution in [2.24, 2.45) is 5.73 Å². The first-order chi connectivity index (χ1) is 8.43. The predicted molar refractivity (Wildman–Crippen MR) is 68.4 cm³/mol. The Morgan fingerprint density at radius 3 is 2.50 bits per heavy atom. The van der Waals surface area contributed by atoms with Gasteiger partial charge in [-0.05, 0) is 26.0 Å². The van der Waals surface area contributed by atoms with Crippen LogP contribution in [0.2, 0.25) is 0 Å². The van der Waals surface area contributed by atoms with Gasteiger partial charge in [-0.1, -0.05) is 12.1 Å². The lowest BCUT2D eigenvalue weighted by molar-refractivity contribution is -0.119. The average molecular weight is 250 g/mol. The van der Waals surface area contributed by atoms with E-state index < -0.39 is 5.91 Å². The number of para-hydroxylation sites is 1. The molecule has 5 heteroatoms. The highest BCUT2D eigenvalue weighted by atomic mass is 16.5. The normalized spacial score (nSPS) is 10.2. The molecule has 1 aromatic rings. The van der Waals surface area contributed by atoms with Crippen LogP contribution in [-0.2, 0) is 4.79 Å². The summed E-state index contributed by atoms with van der Waals surface area (Å²) in [7, 11) is 1.72. The van der Waals surface area contributed by atoms with Crippen molar-refractivity contribution in [3.63, 3.8) is 0 Å². The van der Waals surface area contributed by atoms with Crippen LogP contribution in [0.4, 0.5) is 0 Å². The van der Waals surface area contributed by atoms with Crippen molar-refractivity contribution < 1.29 is 14.3 Å². The first-order valence-electron chi connectivity index (χ1n) is 5.70. The maximum Gasteiger partial charge on any atom is 0.257 e. The average Bonchev–Trinajstić information content (AvgIpc) is 2.34. The van der Waals surface area contributed by atoms with Gasteiger partial charge in [0.2, 0.25) is 0 Å². The van der Waals surface area contributed by atoms with Crippen LogP contribution in [0.15, 0.2) is 24.3 Å². The van der Waals surface area contributed by atoms with Crippen LogP contribution in [0.3, 0.4) is 0 Å². The number of amides is 2. The van der Waals surface area contributed by atoms with Crippen molar-refractivity contribution in [3.05, 3.63) is 29.8 Å². The van der Waals surface area contributed by atoms with E-state index in [-0.39, 0.29) is 18.6 Å². The molecule has 0 aliphatic rings. The zero-order valence-electron chi connectivity index (χ0n) is 10.8. The minimum Gasteiger partial charge on any atom is -0.483 e. The van der Waals surface area contributed by atoms with E-state index in [9.17, 15) is 9.59 Å². The van der Waals surface area contributed by atoms with Crippen LogP contribution in [0.5, 0.6) is 5.75 Å². The molecule has 98 valence electrons. The lowest BCUT2D eigenvalue weighted by Crippen LogP contribution is -2.33. The van der Waals surface area contributed by atoms with E-state index in [2.05, 4.69) is 0 Å². The highest BCUT2D eigenvalue weighted by Crippen LogP contribution is 2.20. The molecule has 2 amide bonds. The molecule has 0 aromatic heterocycles. The fourth-order valence-electron chi connectivity index (χ4n) is 1.34. The first-order valence-corrected chi connectivity index (χ1v) is 5.70. The van der Waals surface area contributed by atoms with Crippen molar-refractivity contribution in [2.45, 2.75) is 19.9 Å². The number of primary amides is 1. The lowest BCUT2D eigenvalue weighted by atomic mass is 10.1. The molecular weight excluding hydrogens is 232 g/mol. The Hall–Kier alpha value is -2.04. The van der Waals surface area contributed by atoms with E-state index in [1.807, 2.05) is 13.8 Å². The standard InChI is InChI=1S/C13H18N2O3/c1-9(2)15(3)13(17)10-6-4-5-7-11(10)18-8-12(14)16/h4-7,9H,8H2,1-3H3,(H2,14,16). The number of rotatable bonds is 5. The molecule has 0 spiro atoms. The van der Waals surface area contributed by atoms with Gasteiger partial charge in [0.15, 0.2) is 6.61 Å². The second-order valence-corrected chi connectivity index (χ2v) is 4.26. The number of benzene rings is 1. The Kier molecular flexibility index (Phi) is 4.71. The van der Waals surface area contributed by atoms with Crippen LogP contribution >= 0.6 is 0 Å². The number of hydrogen-bond donors (Lipinski definition) is 1. The summed E-state index contributed by atoms with van der Waals surface area (Å²) in [6.45, 7) is 3.60. The summed E-state index contributed by atoms with van der Waals surface area (Å²) in [6, 6.07) is 6.88. The third-order valence-electron chi connectivity index (χ3n) is 2.58. The molecule has 0 fully saturated rings. The van der Waals surface area contributed by atoms with Gasteiger partial charge in [0.1, 0.15) is 5.75 Å². The van der Waals surface area contributed by atoms with Crippen LogP contribution < -0.4 is 10.5 Å². The van der Waals surface area contributed by atoms with Crippen molar-refractivity contribution in [3.8, 4) is 5.75 Å². The maximum absolute atomic E-state index is 12.2. The molecular formula is C13H18N2O3. The fraction of sp³-hybridized carbons (Fsp3) is 0.385. The summed E-state index contributed by atoms with van der Waals surface area (Å²) in [4.78, 5) is 24.5. The summed E-state index contributed by atoms with van der Waals surface area (Å²) >= 11 is 0. The van der Waals surface area contributed by atoms with Crippen molar-refractivity contribution >= 4 is 11.8 Å². The Labute approximate surface area is 107 Å². The van der Waals surface area contributed by atoms with Gasteiger partial charge >= 0.3 is 0 Å². The molecule has 18 heavy (non-hydrogen) atoms. The van der Waals surface area contributed by atoms with Gasteiger partial charge < -0.3 is 15.4 Å². The lowest BCUT2D eigenvalue weighted by Gasteiger charge is -2.22. The summed E-state index contributed by atoms with van der Waals surface area (Å²) in [5.41, 5.74) is 5.44. The topological polar surface area (TPSA) is 72.6 Å². The molecule has 5 nitrogen and oxygen atoms in total. The van der Waals surface area contributed by atoms with E-state index in [4.69, 9.17) is 10.5 Å². The molecule has 0 aliphatic heterocycles. The van der Waals surface area contributed by atoms with Crippen LogP contribution in [0.1, 0.15) is 24.2 Å². The highest BCUT2D eigenvalue weighted by Gasteiger charge is 2.18. The zero-order valence-corrected chi connectivity index (χ0v) is 10.8. The molecule has 0 atom stereocenters. The SMILES string of the molecule is CC(C)N(C)C(=O)c1ccccc1OCC(N)=O. The van der Waals surface area contributed by atoms with E-state index in [0.29, 0.717) is 11.3 Å². The van der Waals surface area contributed by atoms with E-state index >= 15 is 0 Å². The largest absolute Gasteiger partial charge is 0.483 e. The molecule has 2 N–H and O–H groups in total. The van der Waals surface area contributed by atoms with Gasteiger partial charge in [0, 0.05) is 13.1 Å². The number of nitrogens with two attached hydrogens (primary N) is 1. The number of carbonyl (C=O) groups is 2. The van der Waals surface area contributed by atoms with Gasteiger partial charge in [-0.25, -0.2) is 0 Å². The molecule has 0 aliphatic carbocycles. The minimum absolute atomic E-state index is 0.0849. The smallest absolute Gasteiger partial charge is 0.257 e. The number of carbonyl (C=O) groups excluding carboxylic acids is 2. The summed E-state index contributed by atoms with van der Waals surface area (Å²) in [6.07, 6.45) is 0. The number of nitrogens with zero attached hydrogens (tertiary/aromatic N) is 1. The van der Waals surface area contributed by atoms with Crippen molar-refractivity contribution in [2.75, 3.05) is 13.7 Å².